The summed E-state index contributed by atoms with van der Waals surface area (Å²) in [4.78, 5) is 0. The van der Waals surface area contributed by atoms with Crippen LogP contribution in [0.1, 0.15) is 23.4 Å². The molecule has 1 nitrogen and oxygen atoms in total. The molecule has 1 unspecified atom stereocenters. The molecule has 6 heteroatoms. The van der Waals surface area contributed by atoms with Gasteiger partial charge in [0, 0.05) is 19.1 Å². The Morgan fingerprint density at radius 2 is 1.86 bits per heavy atom. The van der Waals surface area contributed by atoms with Crippen molar-refractivity contribution in [3.8, 4) is 5.75 Å². The van der Waals surface area contributed by atoms with Crippen LogP contribution in [-0.4, -0.2) is 6.61 Å². The van der Waals surface area contributed by atoms with Crippen molar-refractivity contribution in [1.82, 2.24) is 0 Å². The second kappa shape index (κ2) is 7.73. The first-order valence-electron chi connectivity index (χ1n) is 6.14. The summed E-state index contributed by atoms with van der Waals surface area (Å²) in [5.41, 5.74) is 1.71. The topological polar surface area (TPSA) is 9.23 Å². The number of hydrogen-bond donors (Lipinski definition) is 0. The predicted octanol–water partition coefficient (Wildman–Crippen LogP) is 7.09. The molecule has 0 saturated heterocycles. The smallest absolute Gasteiger partial charge is 0.139 e. The number of alkyl halides is 1. The number of hydrogen-bond acceptors (Lipinski definition) is 1. The predicted molar refractivity (Wildman–Crippen MR) is 102 cm³/mol. The van der Waals surface area contributed by atoms with E-state index in [1.165, 1.54) is 0 Å². The molecule has 0 aromatic heterocycles. The molecule has 0 fully saturated rings. The number of benzene rings is 2. The lowest BCUT2D eigenvalue weighted by atomic mass is 10.0. The minimum Gasteiger partial charge on any atom is -0.492 e. The molecule has 0 aliphatic rings. The van der Waals surface area contributed by atoms with E-state index in [-0.39, 0.29) is 0 Å². The van der Waals surface area contributed by atoms with Crippen molar-refractivity contribution in [3.63, 3.8) is 0 Å². The molecule has 0 heterocycles. The number of rotatable bonds is 4. The minimum absolute atomic E-state index is 0.394. The van der Waals surface area contributed by atoms with Crippen LogP contribution in [0.2, 0.25) is 10.0 Å². The van der Waals surface area contributed by atoms with Crippen LogP contribution >= 0.6 is 73.3 Å². The Morgan fingerprint density at radius 3 is 2.52 bits per heavy atom. The fourth-order valence-electron chi connectivity index (χ4n) is 1.88. The van der Waals surface area contributed by atoms with Crippen LogP contribution in [0.5, 0.6) is 5.75 Å². The van der Waals surface area contributed by atoms with Gasteiger partial charge in [-0.25, -0.2) is 0 Å². The fraction of sp³-hybridized carbons (Fsp3) is 0.200. The quantitative estimate of drug-likeness (QED) is 0.309. The molecule has 0 aliphatic heterocycles. The van der Waals surface area contributed by atoms with Gasteiger partial charge in [0.2, 0.25) is 0 Å². The molecule has 0 N–H and O–H groups in total. The SMILES string of the molecule is CCOc1cc(Cl)c(C(Cl)c2cc(I)ccc2Br)cc1Cl. The van der Waals surface area contributed by atoms with Crippen molar-refractivity contribution in [2.45, 2.75) is 12.3 Å². The van der Waals surface area contributed by atoms with Gasteiger partial charge in [0.1, 0.15) is 5.75 Å². The molecular formula is C15H11BrCl3IO. The van der Waals surface area contributed by atoms with E-state index in [0.29, 0.717) is 22.4 Å². The Kier molecular flexibility index (Phi) is 6.51. The Labute approximate surface area is 161 Å². The van der Waals surface area contributed by atoms with Gasteiger partial charge in [0.25, 0.3) is 0 Å². The Hall–Kier alpha value is 0.320. The third kappa shape index (κ3) is 4.20. The van der Waals surface area contributed by atoms with Gasteiger partial charge in [-0.2, -0.15) is 0 Å². The summed E-state index contributed by atoms with van der Waals surface area (Å²) in [6.45, 7) is 2.42. The van der Waals surface area contributed by atoms with E-state index < -0.39 is 5.38 Å². The molecular weight excluding hydrogens is 509 g/mol. The van der Waals surface area contributed by atoms with Crippen LogP contribution in [0.4, 0.5) is 0 Å². The standard InChI is InChI=1S/C15H11BrCl3IO/c1-2-21-14-7-12(17)10(6-13(14)18)15(19)9-5-8(20)3-4-11(9)16/h3-7,15H,2H2,1H3. The summed E-state index contributed by atoms with van der Waals surface area (Å²) in [6, 6.07) is 9.46. The number of halogens is 5. The summed E-state index contributed by atoms with van der Waals surface area (Å²) in [7, 11) is 0. The molecule has 0 spiro atoms. The third-order valence-electron chi connectivity index (χ3n) is 2.86. The zero-order valence-electron chi connectivity index (χ0n) is 11.0. The van der Waals surface area contributed by atoms with Gasteiger partial charge in [-0.3, -0.25) is 0 Å². The zero-order valence-corrected chi connectivity index (χ0v) is 17.0. The highest BCUT2D eigenvalue weighted by Gasteiger charge is 2.19. The van der Waals surface area contributed by atoms with Gasteiger partial charge in [0.05, 0.1) is 17.0 Å². The molecule has 0 saturated carbocycles. The van der Waals surface area contributed by atoms with Crippen molar-refractivity contribution in [3.05, 3.63) is 59.5 Å². The average molecular weight is 520 g/mol. The van der Waals surface area contributed by atoms with Gasteiger partial charge >= 0.3 is 0 Å². The summed E-state index contributed by atoms with van der Waals surface area (Å²) < 4.78 is 7.47. The maximum absolute atomic E-state index is 6.60. The third-order valence-corrected chi connectivity index (χ3v) is 5.34. The van der Waals surface area contributed by atoms with Crippen molar-refractivity contribution < 1.29 is 4.74 Å². The van der Waals surface area contributed by atoms with E-state index in [0.717, 1.165) is 19.2 Å². The lowest BCUT2D eigenvalue weighted by molar-refractivity contribution is 0.340. The second-order valence-corrected chi connectivity index (χ2v) is 7.62. The first-order chi connectivity index (χ1) is 9.93. The Balaban J connectivity index is 2.46. The molecule has 112 valence electrons. The first kappa shape index (κ1) is 17.7. The van der Waals surface area contributed by atoms with Crippen molar-refractivity contribution >= 4 is 73.3 Å². The van der Waals surface area contributed by atoms with Crippen molar-refractivity contribution in [2.24, 2.45) is 0 Å². The van der Waals surface area contributed by atoms with Crippen LogP contribution < -0.4 is 4.74 Å². The highest BCUT2D eigenvalue weighted by Crippen LogP contribution is 2.41. The van der Waals surface area contributed by atoms with Crippen LogP contribution in [0, 0.1) is 3.57 Å². The van der Waals surface area contributed by atoms with Crippen LogP contribution in [0.25, 0.3) is 0 Å². The first-order valence-corrected chi connectivity index (χ1v) is 9.21. The summed E-state index contributed by atoms with van der Waals surface area (Å²) in [6.07, 6.45) is 0. The summed E-state index contributed by atoms with van der Waals surface area (Å²) >= 11 is 24.9. The maximum atomic E-state index is 6.60. The van der Waals surface area contributed by atoms with E-state index in [9.17, 15) is 0 Å². The van der Waals surface area contributed by atoms with Crippen molar-refractivity contribution in [2.75, 3.05) is 6.61 Å². The van der Waals surface area contributed by atoms with E-state index in [1.54, 1.807) is 12.1 Å². The van der Waals surface area contributed by atoms with Gasteiger partial charge < -0.3 is 4.74 Å². The normalized spacial score (nSPS) is 12.3. The number of ether oxygens (including phenoxy) is 1. The van der Waals surface area contributed by atoms with E-state index in [2.05, 4.69) is 38.5 Å². The maximum Gasteiger partial charge on any atom is 0.139 e. The molecule has 2 aromatic rings. The van der Waals surface area contributed by atoms with Gasteiger partial charge in [-0.1, -0.05) is 39.1 Å². The molecule has 2 aromatic carbocycles. The van der Waals surface area contributed by atoms with E-state index >= 15 is 0 Å². The van der Waals surface area contributed by atoms with Crippen LogP contribution in [0.3, 0.4) is 0 Å². The monoisotopic (exact) mass is 518 g/mol. The molecule has 0 aliphatic carbocycles. The summed E-state index contributed by atoms with van der Waals surface area (Å²) in [5, 5.41) is 0.645. The average Bonchev–Trinajstić information content (AvgIpc) is 2.44. The zero-order chi connectivity index (χ0) is 15.6. The van der Waals surface area contributed by atoms with Crippen LogP contribution in [0.15, 0.2) is 34.8 Å². The molecule has 21 heavy (non-hydrogen) atoms. The molecule has 0 amide bonds. The molecule has 1 atom stereocenters. The Bertz CT molecular complexity index is 664. The van der Waals surface area contributed by atoms with Gasteiger partial charge in [0.15, 0.2) is 0 Å². The molecule has 0 radical (unpaired) electrons. The van der Waals surface area contributed by atoms with Crippen molar-refractivity contribution in [1.29, 1.82) is 0 Å². The van der Waals surface area contributed by atoms with Gasteiger partial charge in [-0.15, -0.1) is 11.6 Å². The second-order valence-electron chi connectivity index (χ2n) is 4.27. The lowest BCUT2D eigenvalue weighted by Crippen LogP contribution is -1.99. The highest BCUT2D eigenvalue weighted by molar-refractivity contribution is 14.1. The largest absolute Gasteiger partial charge is 0.492 e. The van der Waals surface area contributed by atoms with E-state index in [4.69, 9.17) is 39.5 Å². The Morgan fingerprint density at radius 1 is 1.14 bits per heavy atom. The lowest BCUT2D eigenvalue weighted by Gasteiger charge is -2.16. The minimum atomic E-state index is -0.394. The van der Waals surface area contributed by atoms with Gasteiger partial charge in [-0.05, 0) is 64.9 Å². The molecule has 2 rings (SSSR count). The summed E-state index contributed by atoms with van der Waals surface area (Å²) in [5.74, 6) is 0.568. The highest BCUT2D eigenvalue weighted by atomic mass is 127. The van der Waals surface area contributed by atoms with Crippen LogP contribution in [-0.2, 0) is 0 Å². The fourth-order valence-corrected chi connectivity index (χ4v) is 3.91. The van der Waals surface area contributed by atoms with E-state index in [1.807, 2.05) is 25.1 Å². The molecule has 0 bridgehead atoms.